The molecule has 0 N–H and O–H groups in total. The Morgan fingerprint density at radius 1 is 1.20 bits per heavy atom. The van der Waals surface area contributed by atoms with Gasteiger partial charge in [-0.1, -0.05) is 17.7 Å². The van der Waals surface area contributed by atoms with Crippen LogP contribution in [-0.2, 0) is 9.53 Å². The molecule has 0 amide bonds. The largest absolute Gasteiger partial charge is 0.454 e. The lowest BCUT2D eigenvalue weighted by Crippen LogP contribution is -2.12. The summed E-state index contributed by atoms with van der Waals surface area (Å²) >= 11 is 6.05. The molecule has 0 bridgehead atoms. The van der Waals surface area contributed by atoms with Gasteiger partial charge in [-0.2, -0.15) is 0 Å². The van der Waals surface area contributed by atoms with Crippen molar-refractivity contribution in [3.8, 4) is 0 Å². The van der Waals surface area contributed by atoms with Crippen LogP contribution >= 0.6 is 11.6 Å². The molecule has 3 rings (SSSR count). The Morgan fingerprint density at radius 2 is 1.96 bits per heavy atom. The van der Waals surface area contributed by atoms with E-state index in [0.717, 1.165) is 0 Å². The van der Waals surface area contributed by atoms with Gasteiger partial charge in [0.2, 0.25) is 0 Å². The molecule has 2 heterocycles. The maximum atomic E-state index is 12.8. The number of aromatic nitrogens is 2. The maximum Gasteiger partial charge on any atom is 0.331 e. The van der Waals surface area contributed by atoms with Crippen LogP contribution in [0.2, 0.25) is 5.15 Å². The number of hydrogen-bond donors (Lipinski definition) is 0. The number of carbonyl (C=O) groups excluding carboxylic acids is 2. The van der Waals surface area contributed by atoms with Gasteiger partial charge < -0.3 is 4.74 Å². The third kappa shape index (κ3) is 3.92. The Morgan fingerprint density at radius 3 is 2.72 bits per heavy atom. The molecule has 0 radical (unpaired) electrons. The van der Waals surface area contributed by atoms with Gasteiger partial charge in [-0.3, -0.25) is 9.20 Å². The molecule has 0 saturated heterocycles. The van der Waals surface area contributed by atoms with Crippen molar-refractivity contribution in [1.82, 2.24) is 9.38 Å². The monoisotopic (exact) mass is 358 g/mol. The summed E-state index contributed by atoms with van der Waals surface area (Å²) in [6, 6.07) is 10.4. The van der Waals surface area contributed by atoms with Crippen LogP contribution in [0.1, 0.15) is 16.1 Å². The van der Waals surface area contributed by atoms with E-state index < -0.39 is 24.2 Å². The molecule has 0 aliphatic heterocycles. The Kier molecular flexibility index (Phi) is 4.90. The van der Waals surface area contributed by atoms with Gasteiger partial charge in [-0.05, 0) is 42.5 Å². The molecular formula is C18H12ClFN2O3. The average Bonchev–Trinajstić information content (AvgIpc) is 2.93. The molecule has 0 saturated carbocycles. The number of imidazole rings is 1. The lowest BCUT2D eigenvalue weighted by atomic mass is 10.1. The molecule has 0 spiro atoms. The quantitative estimate of drug-likeness (QED) is 0.397. The lowest BCUT2D eigenvalue weighted by Gasteiger charge is -2.02. The van der Waals surface area contributed by atoms with Gasteiger partial charge >= 0.3 is 5.97 Å². The summed E-state index contributed by atoms with van der Waals surface area (Å²) < 4.78 is 19.4. The maximum absolute atomic E-state index is 12.8. The molecule has 1 aromatic carbocycles. The van der Waals surface area contributed by atoms with E-state index in [1.54, 1.807) is 16.7 Å². The molecule has 25 heavy (non-hydrogen) atoms. The molecule has 7 heteroatoms. The van der Waals surface area contributed by atoms with Crippen LogP contribution in [0.15, 0.2) is 54.7 Å². The predicted octanol–water partition coefficient (Wildman–Crippen LogP) is 3.57. The summed E-state index contributed by atoms with van der Waals surface area (Å²) in [5.74, 6) is -1.56. The van der Waals surface area contributed by atoms with Gasteiger partial charge in [-0.15, -0.1) is 0 Å². The number of rotatable bonds is 5. The van der Waals surface area contributed by atoms with Crippen molar-refractivity contribution >= 4 is 35.1 Å². The Hall–Kier alpha value is -2.99. The summed E-state index contributed by atoms with van der Waals surface area (Å²) in [7, 11) is 0. The number of Topliss-reactive ketones (excluding diaryl/α,β-unsaturated/α-hetero) is 1. The van der Waals surface area contributed by atoms with E-state index in [4.69, 9.17) is 16.3 Å². The molecular weight excluding hydrogens is 347 g/mol. The molecule has 3 aromatic rings. The van der Waals surface area contributed by atoms with E-state index in [1.807, 2.05) is 12.1 Å². The molecule has 0 atom stereocenters. The second-order valence-electron chi connectivity index (χ2n) is 5.09. The number of nitrogens with zero attached hydrogens (tertiary/aromatic N) is 2. The van der Waals surface area contributed by atoms with Crippen LogP contribution in [0.3, 0.4) is 0 Å². The highest BCUT2D eigenvalue weighted by Crippen LogP contribution is 2.18. The van der Waals surface area contributed by atoms with E-state index in [0.29, 0.717) is 11.3 Å². The minimum atomic E-state index is -0.697. The molecule has 126 valence electrons. The number of ketones is 1. The number of esters is 1. The number of carbonyl (C=O) groups is 2. The average molecular weight is 359 g/mol. The van der Waals surface area contributed by atoms with Crippen molar-refractivity contribution < 1.29 is 18.7 Å². The number of ether oxygens (including phenoxy) is 1. The van der Waals surface area contributed by atoms with E-state index in [-0.39, 0.29) is 10.7 Å². The van der Waals surface area contributed by atoms with Crippen LogP contribution in [0, 0.1) is 5.82 Å². The standard InChI is InChI=1S/C18H12ClFN2O3/c19-18-14(22-10-2-1-3-16(22)21-18)8-9-17(24)25-11-15(23)12-4-6-13(20)7-5-12/h1-10H,11H2/b9-8+. The molecule has 0 aliphatic carbocycles. The SMILES string of the molecule is O=C(/C=C/c1c(Cl)nc2ccccn12)OCC(=O)c1ccc(F)cc1. The fraction of sp³-hybridized carbons (Fsp3) is 0.0556. The zero-order valence-electron chi connectivity index (χ0n) is 12.9. The first-order chi connectivity index (χ1) is 12.0. The normalized spacial score (nSPS) is 11.1. The van der Waals surface area contributed by atoms with Crippen molar-refractivity contribution in [3.05, 3.63) is 77.0 Å². The minimum Gasteiger partial charge on any atom is -0.454 e. The first kappa shape index (κ1) is 16.9. The number of benzene rings is 1. The highest BCUT2D eigenvalue weighted by molar-refractivity contribution is 6.31. The van der Waals surface area contributed by atoms with Crippen LogP contribution in [-0.4, -0.2) is 27.7 Å². The number of halogens is 2. The van der Waals surface area contributed by atoms with Crippen LogP contribution in [0.25, 0.3) is 11.7 Å². The van der Waals surface area contributed by atoms with Crippen LogP contribution < -0.4 is 0 Å². The van der Waals surface area contributed by atoms with E-state index >= 15 is 0 Å². The minimum absolute atomic E-state index is 0.248. The van der Waals surface area contributed by atoms with Crippen LogP contribution in [0.5, 0.6) is 0 Å². The third-order valence-corrected chi connectivity index (χ3v) is 3.69. The highest BCUT2D eigenvalue weighted by Gasteiger charge is 2.10. The molecule has 0 unspecified atom stereocenters. The fourth-order valence-electron chi connectivity index (χ4n) is 2.19. The summed E-state index contributed by atoms with van der Waals surface area (Å²) in [5, 5.41) is 0.248. The third-order valence-electron chi connectivity index (χ3n) is 3.41. The number of hydrogen-bond acceptors (Lipinski definition) is 4. The van der Waals surface area contributed by atoms with Gasteiger partial charge in [0.05, 0.1) is 5.69 Å². The van der Waals surface area contributed by atoms with Gasteiger partial charge in [0, 0.05) is 17.8 Å². The summed E-state index contributed by atoms with van der Waals surface area (Å²) in [6.45, 7) is -0.435. The molecule has 0 fully saturated rings. The topological polar surface area (TPSA) is 60.7 Å². The smallest absolute Gasteiger partial charge is 0.331 e. The summed E-state index contributed by atoms with van der Waals surface area (Å²) in [4.78, 5) is 27.8. The van der Waals surface area contributed by atoms with Crippen molar-refractivity contribution in [2.24, 2.45) is 0 Å². The zero-order valence-corrected chi connectivity index (χ0v) is 13.6. The predicted molar refractivity (Wildman–Crippen MR) is 90.9 cm³/mol. The Balaban J connectivity index is 1.64. The molecule has 0 aliphatic rings. The summed E-state index contributed by atoms with van der Waals surface area (Å²) in [6.07, 6.45) is 4.39. The van der Waals surface area contributed by atoms with Crippen molar-refractivity contribution in [1.29, 1.82) is 0 Å². The Labute approximate surface area is 147 Å². The van der Waals surface area contributed by atoms with E-state index in [2.05, 4.69) is 4.98 Å². The molecule has 2 aromatic heterocycles. The first-order valence-corrected chi connectivity index (χ1v) is 7.68. The van der Waals surface area contributed by atoms with Gasteiger partial charge in [0.25, 0.3) is 0 Å². The van der Waals surface area contributed by atoms with Gasteiger partial charge in [0.15, 0.2) is 17.5 Å². The highest BCUT2D eigenvalue weighted by atomic mass is 35.5. The van der Waals surface area contributed by atoms with Crippen molar-refractivity contribution in [2.45, 2.75) is 0 Å². The van der Waals surface area contributed by atoms with E-state index in [1.165, 1.54) is 36.4 Å². The second-order valence-corrected chi connectivity index (χ2v) is 5.45. The number of pyridine rings is 1. The van der Waals surface area contributed by atoms with E-state index in [9.17, 15) is 14.0 Å². The Bertz CT molecular complexity index is 964. The van der Waals surface area contributed by atoms with Crippen molar-refractivity contribution in [3.63, 3.8) is 0 Å². The zero-order chi connectivity index (χ0) is 17.8. The van der Waals surface area contributed by atoms with Crippen LogP contribution in [0.4, 0.5) is 4.39 Å². The van der Waals surface area contributed by atoms with Gasteiger partial charge in [-0.25, -0.2) is 14.2 Å². The molecule has 5 nitrogen and oxygen atoms in total. The first-order valence-electron chi connectivity index (χ1n) is 7.31. The lowest BCUT2D eigenvalue weighted by molar-refractivity contribution is -0.136. The number of fused-ring (bicyclic) bond motifs is 1. The van der Waals surface area contributed by atoms with Gasteiger partial charge in [0.1, 0.15) is 11.5 Å². The van der Waals surface area contributed by atoms with Crippen molar-refractivity contribution in [2.75, 3.05) is 6.61 Å². The second kappa shape index (κ2) is 7.27. The summed E-state index contributed by atoms with van der Waals surface area (Å²) in [5.41, 5.74) is 1.44. The fourth-order valence-corrected chi connectivity index (χ4v) is 2.43.